The van der Waals surface area contributed by atoms with E-state index in [1.54, 1.807) is 12.1 Å². The second-order valence-corrected chi connectivity index (χ2v) is 6.78. The summed E-state index contributed by atoms with van der Waals surface area (Å²) >= 11 is 0. The monoisotopic (exact) mass is 308 g/mol. The first-order chi connectivity index (χ1) is 9.97. The molecule has 0 atom stereocenters. The fourth-order valence-electron chi connectivity index (χ4n) is 1.86. The SMILES string of the molecule is CC(C)NCCc1ccc(S(=O)(=O)Nc2cn[nH]c2)cc1. The molecule has 2 aromatic rings. The van der Waals surface area contributed by atoms with E-state index in [1.165, 1.54) is 12.4 Å². The van der Waals surface area contributed by atoms with Gasteiger partial charge in [0, 0.05) is 12.2 Å². The molecule has 3 N–H and O–H groups in total. The van der Waals surface area contributed by atoms with Crippen LogP contribution in [0.4, 0.5) is 5.69 Å². The lowest BCUT2D eigenvalue weighted by Gasteiger charge is -2.09. The maximum atomic E-state index is 12.1. The zero-order valence-corrected chi connectivity index (χ0v) is 12.9. The number of nitrogens with zero attached hydrogens (tertiary/aromatic N) is 1. The Morgan fingerprint density at radius 1 is 1.24 bits per heavy atom. The molecule has 1 heterocycles. The molecule has 1 aromatic carbocycles. The molecule has 0 aliphatic carbocycles. The van der Waals surface area contributed by atoms with Gasteiger partial charge in [-0.1, -0.05) is 26.0 Å². The van der Waals surface area contributed by atoms with Crippen LogP contribution in [0.15, 0.2) is 41.6 Å². The van der Waals surface area contributed by atoms with E-state index in [1.807, 2.05) is 12.1 Å². The van der Waals surface area contributed by atoms with Crippen LogP contribution >= 0.6 is 0 Å². The molecule has 0 spiro atoms. The van der Waals surface area contributed by atoms with Gasteiger partial charge < -0.3 is 5.32 Å². The third-order valence-corrected chi connectivity index (χ3v) is 4.35. The van der Waals surface area contributed by atoms with Crippen LogP contribution in [0.2, 0.25) is 0 Å². The number of hydrogen-bond acceptors (Lipinski definition) is 4. The Kier molecular flexibility index (Phi) is 4.98. The molecule has 7 heteroatoms. The van der Waals surface area contributed by atoms with Gasteiger partial charge >= 0.3 is 0 Å². The molecule has 2 rings (SSSR count). The molecule has 1 aromatic heterocycles. The Balaban J connectivity index is 2.01. The van der Waals surface area contributed by atoms with Gasteiger partial charge in [0.15, 0.2) is 0 Å². The summed E-state index contributed by atoms with van der Waals surface area (Å²) in [7, 11) is -3.56. The standard InChI is InChI=1S/C14H20N4O2S/c1-11(2)15-8-7-12-3-5-14(6-4-12)21(19,20)18-13-9-16-17-10-13/h3-6,9-11,15,18H,7-8H2,1-2H3,(H,16,17). The molecule has 0 aliphatic heterocycles. The highest BCUT2D eigenvalue weighted by Gasteiger charge is 2.14. The Bertz CT molecular complexity index is 649. The molecule has 0 amide bonds. The number of aromatic nitrogens is 2. The summed E-state index contributed by atoms with van der Waals surface area (Å²) in [5, 5.41) is 9.59. The van der Waals surface area contributed by atoms with Gasteiger partial charge in [0.2, 0.25) is 0 Å². The number of benzene rings is 1. The quantitative estimate of drug-likeness (QED) is 0.727. The molecular formula is C14H20N4O2S. The molecular weight excluding hydrogens is 288 g/mol. The minimum atomic E-state index is -3.56. The van der Waals surface area contributed by atoms with Crippen LogP contribution in [0.25, 0.3) is 0 Å². The second kappa shape index (κ2) is 6.73. The van der Waals surface area contributed by atoms with E-state index in [-0.39, 0.29) is 4.90 Å². The largest absolute Gasteiger partial charge is 0.314 e. The normalized spacial score (nSPS) is 11.8. The average Bonchev–Trinajstić information content (AvgIpc) is 2.91. The maximum absolute atomic E-state index is 12.1. The van der Waals surface area contributed by atoms with Gasteiger partial charge in [0.05, 0.1) is 16.8 Å². The molecule has 21 heavy (non-hydrogen) atoms. The van der Waals surface area contributed by atoms with Crippen LogP contribution in [0.1, 0.15) is 19.4 Å². The highest BCUT2D eigenvalue weighted by atomic mass is 32.2. The van der Waals surface area contributed by atoms with Crippen molar-refractivity contribution in [3.63, 3.8) is 0 Å². The lowest BCUT2D eigenvalue weighted by Crippen LogP contribution is -2.24. The van der Waals surface area contributed by atoms with Gasteiger partial charge in [-0.05, 0) is 30.7 Å². The van der Waals surface area contributed by atoms with Crippen LogP contribution < -0.4 is 10.0 Å². The second-order valence-electron chi connectivity index (χ2n) is 5.10. The first kappa shape index (κ1) is 15.5. The summed E-state index contributed by atoms with van der Waals surface area (Å²) in [5.41, 5.74) is 1.52. The van der Waals surface area contributed by atoms with Crippen LogP contribution in [-0.2, 0) is 16.4 Å². The molecule has 0 radical (unpaired) electrons. The van der Waals surface area contributed by atoms with Crippen molar-refractivity contribution >= 4 is 15.7 Å². The van der Waals surface area contributed by atoms with Gasteiger partial charge in [-0.3, -0.25) is 9.82 Å². The molecule has 0 aliphatic rings. The van der Waals surface area contributed by atoms with Crippen LogP contribution in [0, 0.1) is 0 Å². The van der Waals surface area contributed by atoms with Crippen LogP contribution in [0.5, 0.6) is 0 Å². The number of anilines is 1. The lowest BCUT2D eigenvalue weighted by atomic mass is 10.1. The Labute approximate surface area is 125 Å². The fraction of sp³-hybridized carbons (Fsp3) is 0.357. The van der Waals surface area contributed by atoms with Crippen molar-refractivity contribution in [2.24, 2.45) is 0 Å². The average molecular weight is 308 g/mol. The number of sulfonamides is 1. The summed E-state index contributed by atoms with van der Waals surface area (Å²) in [6.07, 6.45) is 3.78. The van der Waals surface area contributed by atoms with Crippen LogP contribution in [-0.4, -0.2) is 31.2 Å². The molecule has 0 fully saturated rings. The van der Waals surface area contributed by atoms with Crippen molar-refractivity contribution in [2.45, 2.75) is 31.2 Å². The number of H-pyrrole nitrogens is 1. The number of rotatable bonds is 7. The van der Waals surface area contributed by atoms with Crippen molar-refractivity contribution in [1.29, 1.82) is 0 Å². The van der Waals surface area contributed by atoms with E-state index in [9.17, 15) is 8.42 Å². The number of hydrogen-bond donors (Lipinski definition) is 3. The molecule has 0 saturated heterocycles. The van der Waals surface area contributed by atoms with Gasteiger partial charge in [-0.25, -0.2) is 8.42 Å². The molecule has 0 unspecified atom stereocenters. The van der Waals surface area contributed by atoms with E-state index in [4.69, 9.17) is 0 Å². The minimum absolute atomic E-state index is 0.240. The summed E-state index contributed by atoms with van der Waals surface area (Å²) in [6.45, 7) is 5.06. The molecule has 0 saturated carbocycles. The predicted molar refractivity (Wildman–Crippen MR) is 82.7 cm³/mol. The third-order valence-electron chi connectivity index (χ3n) is 2.95. The Morgan fingerprint density at radius 2 is 1.95 bits per heavy atom. The fourth-order valence-corrected chi connectivity index (χ4v) is 2.90. The first-order valence-corrected chi connectivity index (χ1v) is 8.29. The third kappa shape index (κ3) is 4.57. The van der Waals surface area contributed by atoms with Gasteiger partial charge in [-0.15, -0.1) is 0 Å². The van der Waals surface area contributed by atoms with Gasteiger partial charge in [0.25, 0.3) is 10.0 Å². The number of nitrogens with one attached hydrogen (secondary N) is 3. The summed E-state index contributed by atoms with van der Waals surface area (Å²) in [4.78, 5) is 0.240. The Hall–Kier alpha value is -1.86. The maximum Gasteiger partial charge on any atom is 0.261 e. The Morgan fingerprint density at radius 3 is 2.52 bits per heavy atom. The summed E-state index contributed by atoms with van der Waals surface area (Å²) in [6, 6.07) is 7.36. The first-order valence-electron chi connectivity index (χ1n) is 6.81. The highest BCUT2D eigenvalue weighted by Crippen LogP contribution is 2.15. The summed E-state index contributed by atoms with van der Waals surface area (Å²) < 4.78 is 26.8. The topological polar surface area (TPSA) is 86.9 Å². The van der Waals surface area contributed by atoms with Gasteiger partial charge in [-0.2, -0.15) is 5.10 Å². The predicted octanol–water partition coefficient (Wildman–Crippen LogP) is 1.75. The molecule has 6 nitrogen and oxygen atoms in total. The molecule has 0 bridgehead atoms. The van der Waals surface area contributed by atoms with Crippen LogP contribution in [0.3, 0.4) is 0 Å². The zero-order chi connectivity index (χ0) is 15.3. The lowest BCUT2D eigenvalue weighted by molar-refractivity contribution is 0.590. The smallest absolute Gasteiger partial charge is 0.261 e. The highest BCUT2D eigenvalue weighted by molar-refractivity contribution is 7.92. The zero-order valence-electron chi connectivity index (χ0n) is 12.1. The van der Waals surface area contributed by atoms with E-state index in [2.05, 4.69) is 34.1 Å². The minimum Gasteiger partial charge on any atom is -0.314 e. The van der Waals surface area contributed by atoms with E-state index in [0.717, 1.165) is 18.5 Å². The van der Waals surface area contributed by atoms with Crippen molar-refractivity contribution in [3.05, 3.63) is 42.2 Å². The van der Waals surface area contributed by atoms with E-state index >= 15 is 0 Å². The van der Waals surface area contributed by atoms with Crippen molar-refractivity contribution in [3.8, 4) is 0 Å². The van der Waals surface area contributed by atoms with Crippen molar-refractivity contribution in [2.75, 3.05) is 11.3 Å². The molecule has 114 valence electrons. The van der Waals surface area contributed by atoms with Crippen molar-refractivity contribution in [1.82, 2.24) is 15.5 Å². The summed E-state index contributed by atoms with van der Waals surface area (Å²) in [5.74, 6) is 0. The van der Waals surface area contributed by atoms with Gasteiger partial charge in [0.1, 0.15) is 0 Å². The van der Waals surface area contributed by atoms with E-state index < -0.39 is 10.0 Å². The van der Waals surface area contributed by atoms with Crippen molar-refractivity contribution < 1.29 is 8.42 Å². The number of aromatic amines is 1. The van der Waals surface area contributed by atoms with E-state index in [0.29, 0.717) is 11.7 Å².